The van der Waals surface area contributed by atoms with Gasteiger partial charge >= 0.3 is 5.97 Å². The number of carbonyl (C=O) groups excluding carboxylic acids is 1. The Bertz CT molecular complexity index is 281. The summed E-state index contributed by atoms with van der Waals surface area (Å²) in [7, 11) is 0. The normalized spacial score (nSPS) is 18.3. The fourth-order valence-electron chi connectivity index (χ4n) is 1.70. The Hall–Kier alpha value is -1.22. The molecular formula is C10H20N4O4. The Morgan fingerprint density at radius 3 is 2.67 bits per heavy atom. The second kappa shape index (κ2) is 7.98. The monoisotopic (exact) mass is 260 g/mol. The number of aliphatic carboxylic acids is 1. The minimum absolute atomic E-state index is 0.0316. The molecule has 0 spiro atoms. The summed E-state index contributed by atoms with van der Waals surface area (Å²) in [5.41, 5.74) is 4.60. The van der Waals surface area contributed by atoms with E-state index in [2.05, 4.69) is 10.8 Å². The first-order valence-electron chi connectivity index (χ1n) is 5.97. The molecule has 8 heteroatoms. The first-order valence-corrected chi connectivity index (χ1v) is 5.97. The fraction of sp³-hybridized carbons (Fsp3) is 0.800. The largest absolute Gasteiger partial charge is 0.481 e. The van der Waals surface area contributed by atoms with Crippen LogP contribution in [0.3, 0.4) is 0 Å². The number of carbonyl (C=O) groups is 2. The van der Waals surface area contributed by atoms with Gasteiger partial charge in [0.05, 0.1) is 6.10 Å². The van der Waals surface area contributed by atoms with Crippen molar-refractivity contribution in [3.63, 3.8) is 0 Å². The Labute approximate surface area is 105 Å². The zero-order chi connectivity index (χ0) is 13.4. The first kappa shape index (κ1) is 14.8. The fourth-order valence-corrected chi connectivity index (χ4v) is 1.70. The number of hydroxylamine groups is 1. The number of piperidine rings is 1. The number of carboxylic acid groups (broad SMARTS) is 1. The third-order valence-corrected chi connectivity index (χ3v) is 2.77. The zero-order valence-electron chi connectivity index (χ0n) is 10.1. The molecule has 1 aliphatic heterocycles. The number of hydrogen-bond donors (Lipinski definition) is 5. The molecule has 8 nitrogen and oxygen atoms in total. The van der Waals surface area contributed by atoms with E-state index >= 15 is 0 Å². The average molecular weight is 260 g/mol. The lowest BCUT2D eigenvalue weighted by Crippen LogP contribution is -2.49. The van der Waals surface area contributed by atoms with Crippen LogP contribution in [0.15, 0.2) is 0 Å². The minimum atomic E-state index is -0.964. The quantitative estimate of drug-likeness (QED) is 0.214. The van der Waals surface area contributed by atoms with Crippen LogP contribution in [-0.4, -0.2) is 42.2 Å². The number of hydrazine groups is 1. The van der Waals surface area contributed by atoms with E-state index in [0.29, 0.717) is 0 Å². The van der Waals surface area contributed by atoms with Gasteiger partial charge < -0.3 is 10.4 Å². The summed E-state index contributed by atoms with van der Waals surface area (Å²) in [6, 6.07) is -0.749. The summed E-state index contributed by atoms with van der Waals surface area (Å²) in [6.07, 6.45) is 1.74. The molecule has 18 heavy (non-hydrogen) atoms. The van der Waals surface area contributed by atoms with Crippen LogP contribution in [-0.2, 0) is 14.4 Å². The van der Waals surface area contributed by atoms with Gasteiger partial charge in [-0.2, -0.15) is 5.48 Å². The van der Waals surface area contributed by atoms with Crippen molar-refractivity contribution in [2.45, 2.75) is 37.8 Å². The number of carboxylic acids is 1. The van der Waals surface area contributed by atoms with Gasteiger partial charge in [0.2, 0.25) is 0 Å². The highest BCUT2D eigenvalue weighted by molar-refractivity contribution is 5.81. The van der Waals surface area contributed by atoms with Gasteiger partial charge in [-0.3, -0.25) is 19.9 Å². The molecule has 0 aromatic rings. The van der Waals surface area contributed by atoms with Gasteiger partial charge in [-0.1, -0.05) is 0 Å². The second-order valence-electron chi connectivity index (χ2n) is 4.18. The number of nitrogens with two attached hydrogens (primary N) is 1. The molecule has 1 saturated heterocycles. The molecule has 1 aliphatic rings. The minimum Gasteiger partial charge on any atom is -0.481 e. The van der Waals surface area contributed by atoms with Gasteiger partial charge in [-0.15, -0.1) is 0 Å². The SMILES string of the molecule is NNC(=O)C(CCC(=O)O)NOC1CCNCC1. The molecule has 104 valence electrons. The molecule has 0 aliphatic carbocycles. The van der Waals surface area contributed by atoms with E-state index in [0.717, 1.165) is 25.9 Å². The van der Waals surface area contributed by atoms with Crippen molar-refractivity contribution < 1.29 is 19.5 Å². The van der Waals surface area contributed by atoms with Crippen LogP contribution in [0.25, 0.3) is 0 Å². The van der Waals surface area contributed by atoms with Crippen LogP contribution in [0.2, 0.25) is 0 Å². The number of amides is 1. The van der Waals surface area contributed by atoms with E-state index in [1.54, 1.807) is 0 Å². The second-order valence-corrected chi connectivity index (χ2v) is 4.18. The maximum atomic E-state index is 11.4. The lowest BCUT2D eigenvalue weighted by molar-refractivity contribution is -0.138. The number of nitrogens with one attached hydrogen (secondary N) is 3. The van der Waals surface area contributed by atoms with Gasteiger partial charge in [0, 0.05) is 6.42 Å². The van der Waals surface area contributed by atoms with Crippen molar-refractivity contribution in [3.05, 3.63) is 0 Å². The Kier molecular flexibility index (Phi) is 6.58. The lowest BCUT2D eigenvalue weighted by atomic mass is 10.1. The van der Waals surface area contributed by atoms with Crippen molar-refractivity contribution in [1.29, 1.82) is 0 Å². The smallest absolute Gasteiger partial charge is 0.303 e. The van der Waals surface area contributed by atoms with Crippen molar-refractivity contribution in [3.8, 4) is 0 Å². The Morgan fingerprint density at radius 2 is 2.11 bits per heavy atom. The van der Waals surface area contributed by atoms with E-state index in [9.17, 15) is 9.59 Å². The number of hydrogen-bond acceptors (Lipinski definition) is 6. The molecular weight excluding hydrogens is 240 g/mol. The maximum Gasteiger partial charge on any atom is 0.303 e. The summed E-state index contributed by atoms with van der Waals surface area (Å²) < 4.78 is 0. The van der Waals surface area contributed by atoms with Crippen molar-refractivity contribution >= 4 is 11.9 Å². The van der Waals surface area contributed by atoms with Gasteiger partial charge in [0.15, 0.2) is 0 Å². The first-order chi connectivity index (χ1) is 8.63. The van der Waals surface area contributed by atoms with Crippen LogP contribution < -0.4 is 22.1 Å². The molecule has 1 atom stereocenters. The highest BCUT2D eigenvalue weighted by Crippen LogP contribution is 2.07. The summed E-state index contributed by atoms with van der Waals surface area (Å²) >= 11 is 0. The molecule has 6 N–H and O–H groups in total. The molecule has 0 aromatic heterocycles. The van der Waals surface area contributed by atoms with Crippen molar-refractivity contribution in [1.82, 2.24) is 16.2 Å². The Morgan fingerprint density at radius 1 is 1.44 bits per heavy atom. The van der Waals surface area contributed by atoms with Crippen molar-refractivity contribution in [2.24, 2.45) is 5.84 Å². The summed E-state index contributed by atoms with van der Waals surface area (Å²) in [5.74, 6) is 3.59. The molecule has 1 fully saturated rings. The number of rotatable bonds is 7. The highest BCUT2D eigenvalue weighted by atomic mass is 16.7. The molecule has 1 unspecified atom stereocenters. The van der Waals surface area contributed by atoms with Crippen LogP contribution in [0.5, 0.6) is 0 Å². The zero-order valence-corrected chi connectivity index (χ0v) is 10.1. The summed E-state index contributed by atoms with van der Waals surface area (Å²) in [6.45, 7) is 1.74. The Balaban J connectivity index is 2.34. The molecule has 0 radical (unpaired) electrons. The third kappa shape index (κ3) is 5.41. The molecule has 0 bridgehead atoms. The van der Waals surface area contributed by atoms with Gasteiger partial charge in [-0.25, -0.2) is 5.84 Å². The average Bonchev–Trinajstić information content (AvgIpc) is 2.39. The molecule has 1 rings (SSSR count). The van der Waals surface area contributed by atoms with Crippen LogP contribution in [0.1, 0.15) is 25.7 Å². The molecule has 0 aromatic carbocycles. The van der Waals surface area contributed by atoms with Gasteiger partial charge in [0.25, 0.3) is 5.91 Å². The van der Waals surface area contributed by atoms with Crippen molar-refractivity contribution in [2.75, 3.05) is 13.1 Å². The van der Waals surface area contributed by atoms with E-state index in [4.69, 9.17) is 15.8 Å². The van der Waals surface area contributed by atoms with Crippen LogP contribution in [0, 0.1) is 0 Å². The summed E-state index contributed by atoms with van der Waals surface area (Å²) in [5, 5.41) is 11.8. The molecule has 1 amide bonds. The highest BCUT2D eigenvalue weighted by Gasteiger charge is 2.21. The lowest BCUT2D eigenvalue weighted by Gasteiger charge is -2.25. The molecule has 1 heterocycles. The van der Waals surface area contributed by atoms with Gasteiger partial charge in [-0.05, 0) is 32.4 Å². The van der Waals surface area contributed by atoms with Crippen LogP contribution >= 0.6 is 0 Å². The maximum absolute atomic E-state index is 11.4. The predicted molar refractivity (Wildman–Crippen MR) is 63.1 cm³/mol. The molecule has 0 saturated carbocycles. The van der Waals surface area contributed by atoms with E-state index < -0.39 is 17.9 Å². The van der Waals surface area contributed by atoms with E-state index in [1.807, 2.05) is 5.43 Å². The third-order valence-electron chi connectivity index (χ3n) is 2.77. The standard InChI is InChI=1S/C10H20N4O4/c11-13-10(17)8(1-2-9(15)16)14-18-7-3-5-12-6-4-7/h7-8,12,14H,1-6,11H2,(H,13,17)(H,15,16). The van der Waals surface area contributed by atoms with E-state index in [-0.39, 0.29) is 18.9 Å². The van der Waals surface area contributed by atoms with E-state index in [1.165, 1.54) is 0 Å². The predicted octanol–water partition coefficient (Wildman–Crippen LogP) is -1.52. The topological polar surface area (TPSA) is 126 Å². The van der Waals surface area contributed by atoms with Gasteiger partial charge in [0.1, 0.15) is 6.04 Å². The van der Waals surface area contributed by atoms with Crippen LogP contribution in [0.4, 0.5) is 0 Å². The summed E-state index contributed by atoms with van der Waals surface area (Å²) in [4.78, 5) is 27.3.